The first-order chi connectivity index (χ1) is 14.9. The molecule has 0 radical (unpaired) electrons. The van der Waals surface area contributed by atoms with Crippen LogP contribution in [0.15, 0.2) is 65.6 Å². The average Bonchev–Trinajstić information content (AvgIpc) is 3.51. The highest BCUT2D eigenvalue weighted by atomic mass is 32.2. The Morgan fingerprint density at radius 2 is 1.55 bits per heavy atom. The van der Waals surface area contributed by atoms with Gasteiger partial charge in [0.1, 0.15) is 5.69 Å². The van der Waals surface area contributed by atoms with Crippen molar-refractivity contribution in [1.82, 2.24) is 25.4 Å². The number of aromatic nitrogens is 2. The second-order valence-corrected chi connectivity index (χ2v) is 9.01. The third-order valence-corrected chi connectivity index (χ3v) is 6.91. The minimum atomic E-state index is -3.54. The van der Waals surface area contributed by atoms with Gasteiger partial charge in [0.25, 0.3) is 11.8 Å². The van der Waals surface area contributed by atoms with E-state index in [1.54, 1.807) is 6.07 Å². The Labute approximate surface area is 179 Å². The number of H-pyrrole nitrogens is 1. The van der Waals surface area contributed by atoms with Crippen LogP contribution >= 0.6 is 0 Å². The first kappa shape index (κ1) is 20.8. The van der Waals surface area contributed by atoms with Crippen molar-refractivity contribution in [1.29, 1.82) is 0 Å². The number of carbonyl (C=O) groups excluding carboxylic acids is 2. The Hall–Kier alpha value is -3.50. The molecule has 1 saturated heterocycles. The van der Waals surface area contributed by atoms with Gasteiger partial charge in [0, 0.05) is 24.2 Å². The summed E-state index contributed by atoms with van der Waals surface area (Å²) >= 11 is 0. The Kier molecular flexibility index (Phi) is 5.83. The summed E-state index contributed by atoms with van der Waals surface area (Å²) in [6.45, 7) is 1.02. The van der Waals surface area contributed by atoms with Crippen LogP contribution in [0.25, 0.3) is 11.3 Å². The summed E-state index contributed by atoms with van der Waals surface area (Å²) in [6.07, 6.45) is 1.70. The predicted molar refractivity (Wildman–Crippen MR) is 113 cm³/mol. The third-order valence-electron chi connectivity index (χ3n) is 5.00. The lowest BCUT2D eigenvalue weighted by molar-refractivity contribution is 0.0844. The highest BCUT2D eigenvalue weighted by Crippen LogP contribution is 2.21. The Morgan fingerprint density at radius 1 is 0.903 bits per heavy atom. The van der Waals surface area contributed by atoms with Crippen LogP contribution in [0.4, 0.5) is 0 Å². The number of amides is 2. The van der Waals surface area contributed by atoms with Crippen LogP contribution in [0, 0.1) is 0 Å². The van der Waals surface area contributed by atoms with Gasteiger partial charge < -0.3 is 0 Å². The predicted octanol–water partition coefficient (Wildman–Crippen LogP) is 1.94. The van der Waals surface area contributed by atoms with Crippen LogP contribution in [-0.4, -0.2) is 47.8 Å². The highest BCUT2D eigenvalue weighted by molar-refractivity contribution is 7.89. The molecule has 0 unspecified atom stereocenters. The first-order valence-corrected chi connectivity index (χ1v) is 11.2. The first-order valence-electron chi connectivity index (χ1n) is 9.77. The molecule has 1 aliphatic heterocycles. The molecular formula is C21H21N5O4S. The van der Waals surface area contributed by atoms with Crippen molar-refractivity contribution < 1.29 is 18.0 Å². The van der Waals surface area contributed by atoms with Gasteiger partial charge in [-0.3, -0.25) is 25.5 Å². The Morgan fingerprint density at radius 3 is 2.23 bits per heavy atom. The van der Waals surface area contributed by atoms with Crippen molar-refractivity contribution in [2.75, 3.05) is 13.1 Å². The van der Waals surface area contributed by atoms with Crippen molar-refractivity contribution in [3.8, 4) is 11.3 Å². The molecular weight excluding hydrogens is 418 g/mol. The zero-order chi connectivity index (χ0) is 21.8. The molecule has 31 heavy (non-hydrogen) atoms. The van der Waals surface area contributed by atoms with Crippen LogP contribution in [0.5, 0.6) is 0 Å². The van der Waals surface area contributed by atoms with Gasteiger partial charge in [-0.05, 0) is 43.2 Å². The van der Waals surface area contributed by atoms with Crippen molar-refractivity contribution in [3.63, 3.8) is 0 Å². The fourth-order valence-corrected chi connectivity index (χ4v) is 4.82. The zero-order valence-electron chi connectivity index (χ0n) is 16.5. The zero-order valence-corrected chi connectivity index (χ0v) is 17.4. The molecule has 9 nitrogen and oxygen atoms in total. The molecule has 3 aromatic rings. The second kappa shape index (κ2) is 8.70. The third kappa shape index (κ3) is 4.49. The van der Waals surface area contributed by atoms with E-state index in [0.717, 1.165) is 18.4 Å². The van der Waals surface area contributed by atoms with Crippen LogP contribution in [-0.2, 0) is 10.0 Å². The van der Waals surface area contributed by atoms with Crippen LogP contribution in [0.3, 0.4) is 0 Å². The maximum absolute atomic E-state index is 12.6. The number of hydrazine groups is 1. The quantitative estimate of drug-likeness (QED) is 0.524. The molecule has 4 rings (SSSR count). The lowest BCUT2D eigenvalue weighted by Crippen LogP contribution is -2.41. The molecule has 0 saturated carbocycles. The minimum Gasteiger partial charge on any atom is -0.272 e. The topological polar surface area (TPSA) is 124 Å². The molecule has 2 heterocycles. The molecule has 2 amide bonds. The van der Waals surface area contributed by atoms with Gasteiger partial charge in [-0.15, -0.1) is 0 Å². The van der Waals surface area contributed by atoms with E-state index in [4.69, 9.17) is 0 Å². The number of sulfonamides is 1. The second-order valence-electron chi connectivity index (χ2n) is 7.08. The van der Waals surface area contributed by atoms with Crippen LogP contribution < -0.4 is 10.9 Å². The molecule has 0 aliphatic carbocycles. The number of benzene rings is 2. The van der Waals surface area contributed by atoms with Gasteiger partial charge in [-0.2, -0.15) is 9.40 Å². The molecule has 1 fully saturated rings. The van der Waals surface area contributed by atoms with Crippen LogP contribution in [0.2, 0.25) is 0 Å². The highest BCUT2D eigenvalue weighted by Gasteiger charge is 2.27. The van der Waals surface area contributed by atoms with Gasteiger partial charge in [0.2, 0.25) is 10.0 Å². The van der Waals surface area contributed by atoms with Gasteiger partial charge >= 0.3 is 0 Å². The lowest BCUT2D eigenvalue weighted by atomic mass is 10.1. The standard InChI is InChI=1S/C21H21N5O4S/c27-20(16-8-10-17(11-9-16)31(29,30)26-12-4-5-13-26)24-25-21(28)19-14-18(22-23-19)15-6-2-1-3-7-15/h1-3,6-11,14H,4-5,12-13H2,(H,22,23)(H,24,27)(H,25,28). The van der Waals surface area contributed by atoms with E-state index in [1.807, 2.05) is 30.3 Å². The summed E-state index contributed by atoms with van der Waals surface area (Å²) in [4.78, 5) is 24.7. The molecule has 0 atom stereocenters. The molecule has 10 heteroatoms. The van der Waals surface area contributed by atoms with E-state index in [0.29, 0.717) is 18.8 Å². The summed E-state index contributed by atoms with van der Waals surface area (Å²) in [7, 11) is -3.54. The number of hydrogen-bond donors (Lipinski definition) is 3. The monoisotopic (exact) mass is 439 g/mol. The molecule has 1 aromatic heterocycles. The number of aromatic amines is 1. The van der Waals surface area contributed by atoms with Crippen molar-refractivity contribution in [2.45, 2.75) is 17.7 Å². The molecule has 0 spiro atoms. The fraction of sp³-hybridized carbons (Fsp3) is 0.190. The maximum Gasteiger partial charge on any atom is 0.287 e. The lowest BCUT2D eigenvalue weighted by Gasteiger charge is -2.15. The molecule has 0 bridgehead atoms. The largest absolute Gasteiger partial charge is 0.287 e. The number of nitrogens with zero attached hydrogens (tertiary/aromatic N) is 2. The summed E-state index contributed by atoms with van der Waals surface area (Å²) < 4.78 is 26.5. The molecule has 3 N–H and O–H groups in total. The van der Waals surface area contributed by atoms with E-state index in [1.165, 1.54) is 28.6 Å². The van der Waals surface area contributed by atoms with Crippen LogP contribution in [0.1, 0.15) is 33.7 Å². The SMILES string of the molecule is O=C(NNC(=O)c1cc(-c2ccccc2)n[nH]1)c1ccc(S(=O)(=O)N2CCCC2)cc1. The number of rotatable bonds is 5. The summed E-state index contributed by atoms with van der Waals surface area (Å²) in [5.41, 5.74) is 6.49. The Balaban J connectivity index is 1.36. The van der Waals surface area contributed by atoms with Crippen molar-refractivity contribution in [3.05, 3.63) is 71.9 Å². The molecule has 1 aliphatic rings. The maximum atomic E-state index is 12.6. The van der Waals surface area contributed by atoms with Gasteiger partial charge in [0.15, 0.2) is 0 Å². The van der Waals surface area contributed by atoms with E-state index in [9.17, 15) is 18.0 Å². The average molecular weight is 439 g/mol. The Bertz CT molecular complexity index is 1180. The minimum absolute atomic E-state index is 0.140. The van der Waals surface area contributed by atoms with Gasteiger partial charge in [-0.1, -0.05) is 30.3 Å². The molecule has 160 valence electrons. The summed E-state index contributed by atoms with van der Waals surface area (Å²) in [6, 6.07) is 16.5. The van der Waals surface area contributed by atoms with E-state index >= 15 is 0 Å². The molecule has 2 aromatic carbocycles. The van der Waals surface area contributed by atoms with Gasteiger partial charge in [0.05, 0.1) is 10.6 Å². The van der Waals surface area contributed by atoms with E-state index in [2.05, 4.69) is 21.0 Å². The normalized spacial score (nSPS) is 14.3. The van der Waals surface area contributed by atoms with E-state index < -0.39 is 21.8 Å². The van der Waals surface area contributed by atoms with E-state index in [-0.39, 0.29) is 16.2 Å². The number of hydrogen-bond acceptors (Lipinski definition) is 5. The number of nitrogens with one attached hydrogen (secondary N) is 3. The summed E-state index contributed by atoms with van der Waals surface area (Å²) in [5.74, 6) is -1.13. The summed E-state index contributed by atoms with van der Waals surface area (Å²) in [5, 5.41) is 6.73. The van der Waals surface area contributed by atoms with Gasteiger partial charge in [-0.25, -0.2) is 8.42 Å². The van der Waals surface area contributed by atoms with Crippen molar-refractivity contribution in [2.24, 2.45) is 0 Å². The fourth-order valence-electron chi connectivity index (χ4n) is 3.30. The van der Waals surface area contributed by atoms with Crippen molar-refractivity contribution >= 4 is 21.8 Å². The smallest absolute Gasteiger partial charge is 0.272 e. The number of carbonyl (C=O) groups is 2.